The maximum absolute atomic E-state index is 12.4. The van der Waals surface area contributed by atoms with Crippen LogP contribution in [0, 0.1) is 0 Å². The number of fused-ring (bicyclic) bond motifs is 3. The van der Waals surface area contributed by atoms with E-state index < -0.39 is 6.10 Å². The second-order valence-electron chi connectivity index (χ2n) is 8.92. The molecule has 1 aromatic heterocycles. The van der Waals surface area contributed by atoms with Crippen molar-refractivity contribution in [2.45, 2.75) is 19.3 Å². The average Bonchev–Trinajstić information content (AvgIpc) is 3.15. The molecule has 35 heavy (non-hydrogen) atoms. The predicted octanol–water partition coefficient (Wildman–Crippen LogP) is 5.63. The van der Waals surface area contributed by atoms with Crippen LogP contribution in [-0.2, 0) is 17.9 Å². The van der Waals surface area contributed by atoms with Crippen LogP contribution in [-0.4, -0.2) is 64.4 Å². The van der Waals surface area contributed by atoms with E-state index in [2.05, 4.69) is 65.6 Å². The molecule has 1 unspecified atom stereocenters. The van der Waals surface area contributed by atoms with Gasteiger partial charge in [0.1, 0.15) is 6.61 Å². The second kappa shape index (κ2) is 10.7. The van der Waals surface area contributed by atoms with Gasteiger partial charge in [-0.1, -0.05) is 62.2 Å². The molecule has 0 bridgehead atoms. The highest BCUT2D eigenvalue weighted by Crippen LogP contribution is 2.33. The van der Waals surface area contributed by atoms with Crippen molar-refractivity contribution in [3.05, 3.63) is 81.2 Å². The van der Waals surface area contributed by atoms with E-state index in [1.165, 1.54) is 0 Å². The van der Waals surface area contributed by atoms with Gasteiger partial charge in [-0.25, -0.2) is 4.79 Å². The van der Waals surface area contributed by atoms with Crippen LogP contribution in [0.4, 0.5) is 4.79 Å². The first-order valence-electron chi connectivity index (χ1n) is 11.7. The predicted molar refractivity (Wildman–Crippen MR) is 145 cm³/mol. The molecule has 0 spiro atoms. The molecule has 6 nitrogen and oxygen atoms in total. The summed E-state index contributed by atoms with van der Waals surface area (Å²) < 4.78 is 9.73. The number of rotatable bonds is 6. The quantitative estimate of drug-likeness (QED) is 0.311. The number of β-amino-alcohol motifs (C(OH)–C–C–N with tert-alkyl or cyclic N) is 1. The molecule has 1 fully saturated rings. The summed E-state index contributed by atoms with van der Waals surface area (Å²) in [6.07, 6.45) is -0.811. The van der Waals surface area contributed by atoms with Crippen molar-refractivity contribution in [1.82, 2.24) is 14.4 Å². The van der Waals surface area contributed by atoms with E-state index in [0.717, 1.165) is 36.3 Å². The third-order valence-electron chi connectivity index (χ3n) is 6.49. The molecule has 1 amide bonds. The fourth-order valence-corrected chi connectivity index (χ4v) is 5.46. The van der Waals surface area contributed by atoms with E-state index in [1.807, 2.05) is 42.5 Å². The van der Waals surface area contributed by atoms with Gasteiger partial charge in [0.2, 0.25) is 0 Å². The molecule has 1 atom stereocenters. The Morgan fingerprint density at radius 2 is 1.46 bits per heavy atom. The number of ether oxygens (including phenoxy) is 1. The Hall–Kier alpha value is -2.39. The minimum Gasteiger partial charge on any atom is -0.445 e. The zero-order valence-corrected chi connectivity index (χ0v) is 22.4. The number of piperazine rings is 1. The molecule has 0 aliphatic carbocycles. The minimum absolute atomic E-state index is 0.281. The van der Waals surface area contributed by atoms with Crippen LogP contribution in [0.25, 0.3) is 21.8 Å². The van der Waals surface area contributed by atoms with E-state index >= 15 is 0 Å². The standard InChI is InChI=1S/C27H27Br2N3O3/c28-20-6-8-25-23(14-20)24-15-21(29)7-9-26(24)32(25)17-22(33)16-30-10-12-31(13-11-30)27(34)35-18-19-4-2-1-3-5-19/h1-9,14-15,22,33H,10-13,16-18H2. The van der Waals surface area contributed by atoms with E-state index in [1.54, 1.807) is 4.90 Å². The minimum atomic E-state index is -0.530. The lowest BCUT2D eigenvalue weighted by Crippen LogP contribution is -2.50. The van der Waals surface area contributed by atoms with E-state index in [9.17, 15) is 9.90 Å². The number of amides is 1. The molecule has 5 rings (SSSR count). The number of aromatic nitrogens is 1. The van der Waals surface area contributed by atoms with Gasteiger partial charge in [0, 0.05) is 63.5 Å². The molecule has 0 saturated carbocycles. The topological polar surface area (TPSA) is 57.9 Å². The Bertz CT molecular complexity index is 1270. The molecular formula is C27H27Br2N3O3. The highest BCUT2D eigenvalue weighted by Gasteiger charge is 2.24. The van der Waals surface area contributed by atoms with Crippen molar-refractivity contribution in [2.75, 3.05) is 32.7 Å². The van der Waals surface area contributed by atoms with Crippen LogP contribution in [0.15, 0.2) is 75.7 Å². The Morgan fingerprint density at radius 3 is 2.06 bits per heavy atom. The fourth-order valence-electron chi connectivity index (χ4n) is 4.74. The van der Waals surface area contributed by atoms with Crippen LogP contribution in [0.3, 0.4) is 0 Å². The van der Waals surface area contributed by atoms with Crippen molar-refractivity contribution in [2.24, 2.45) is 0 Å². The first kappa shape index (κ1) is 24.3. The van der Waals surface area contributed by atoms with E-state index in [0.29, 0.717) is 39.3 Å². The van der Waals surface area contributed by atoms with Crippen molar-refractivity contribution in [1.29, 1.82) is 0 Å². The number of hydrogen-bond donors (Lipinski definition) is 1. The number of aliphatic hydroxyl groups excluding tert-OH is 1. The molecule has 1 N–H and O–H groups in total. The zero-order valence-electron chi connectivity index (χ0n) is 19.2. The Morgan fingerprint density at radius 1 is 0.857 bits per heavy atom. The Kier molecular flexibility index (Phi) is 7.43. The van der Waals surface area contributed by atoms with Crippen molar-refractivity contribution in [3.8, 4) is 0 Å². The molecule has 1 aliphatic rings. The maximum atomic E-state index is 12.4. The molecule has 8 heteroatoms. The third-order valence-corrected chi connectivity index (χ3v) is 7.47. The Balaban J connectivity index is 1.19. The van der Waals surface area contributed by atoms with Crippen LogP contribution in [0.1, 0.15) is 5.56 Å². The SMILES string of the molecule is O=C(OCc1ccccc1)N1CCN(CC(O)Cn2c3ccc(Br)cc3c3cc(Br)ccc32)CC1. The lowest BCUT2D eigenvalue weighted by Gasteiger charge is -2.35. The van der Waals surface area contributed by atoms with Crippen LogP contribution >= 0.6 is 31.9 Å². The largest absolute Gasteiger partial charge is 0.445 e. The molecule has 182 valence electrons. The average molecular weight is 601 g/mol. The van der Waals surface area contributed by atoms with Crippen molar-refractivity contribution < 1.29 is 14.6 Å². The summed E-state index contributed by atoms with van der Waals surface area (Å²) in [7, 11) is 0. The van der Waals surface area contributed by atoms with Gasteiger partial charge in [0.05, 0.1) is 12.6 Å². The van der Waals surface area contributed by atoms with Gasteiger partial charge < -0.3 is 19.3 Å². The highest BCUT2D eigenvalue weighted by molar-refractivity contribution is 9.10. The number of carbonyl (C=O) groups excluding carboxylic acids is 1. The number of carbonyl (C=O) groups is 1. The van der Waals surface area contributed by atoms with Crippen LogP contribution < -0.4 is 0 Å². The van der Waals surface area contributed by atoms with Gasteiger partial charge in [-0.05, 0) is 42.0 Å². The van der Waals surface area contributed by atoms with Crippen LogP contribution in [0.2, 0.25) is 0 Å². The van der Waals surface area contributed by atoms with Crippen LogP contribution in [0.5, 0.6) is 0 Å². The monoisotopic (exact) mass is 599 g/mol. The number of hydrogen-bond acceptors (Lipinski definition) is 4. The number of aliphatic hydroxyl groups is 1. The lowest BCUT2D eigenvalue weighted by atomic mass is 10.2. The third kappa shape index (κ3) is 5.56. The van der Waals surface area contributed by atoms with Gasteiger partial charge >= 0.3 is 6.09 Å². The summed E-state index contributed by atoms with van der Waals surface area (Å²) in [4.78, 5) is 16.4. The number of nitrogens with zero attached hydrogens (tertiary/aromatic N) is 3. The summed E-state index contributed by atoms with van der Waals surface area (Å²) in [5.41, 5.74) is 3.19. The normalized spacial score (nSPS) is 15.6. The summed E-state index contributed by atoms with van der Waals surface area (Å²) in [5, 5.41) is 13.3. The van der Waals surface area contributed by atoms with E-state index in [-0.39, 0.29) is 12.7 Å². The number of halogens is 2. The molecule has 2 heterocycles. The second-order valence-corrected chi connectivity index (χ2v) is 10.7. The molecule has 4 aromatic rings. The highest BCUT2D eigenvalue weighted by atomic mass is 79.9. The summed E-state index contributed by atoms with van der Waals surface area (Å²) in [6.45, 7) is 3.96. The maximum Gasteiger partial charge on any atom is 0.410 e. The van der Waals surface area contributed by atoms with E-state index in [4.69, 9.17) is 4.74 Å². The number of benzene rings is 3. The van der Waals surface area contributed by atoms with Gasteiger partial charge in [-0.3, -0.25) is 4.90 Å². The first-order chi connectivity index (χ1) is 17.0. The van der Waals surface area contributed by atoms with Gasteiger partial charge in [-0.15, -0.1) is 0 Å². The van der Waals surface area contributed by atoms with Crippen molar-refractivity contribution in [3.63, 3.8) is 0 Å². The Labute approximate surface area is 221 Å². The molecular weight excluding hydrogens is 574 g/mol. The fraction of sp³-hybridized carbons (Fsp3) is 0.296. The van der Waals surface area contributed by atoms with Gasteiger partial charge in [0.15, 0.2) is 0 Å². The summed E-state index contributed by atoms with van der Waals surface area (Å²) in [6, 6.07) is 22.2. The first-order valence-corrected chi connectivity index (χ1v) is 13.3. The summed E-state index contributed by atoms with van der Waals surface area (Å²) in [5.74, 6) is 0. The van der Waals surface area contributed by atoms with Crippen molar-refractivity contribution >= 4 is 59.8 Å². The molecule has 1 saturated heterocycles. The zero-order chi connectivity index (χ0) is 24.4. The molecule has 1 aliphatic heterocycles. The smallest absolute Gasteiger partial charge is 0.410 e. The lowest BCUT2D eigenvalue weighted by molar-refractivity contribution is 0.0500. The molecule has 3 aromatic carbocycles. The molecule has 0 radical (unpaired) electrons. The van der Waals surface area contributed by atoms with Gasteiger partial charge in [-0.2, -0.15) is 0 Å². The summed E-state index contributed by atoms with van der Waals surface area (Å²) >= 11 is 7.17. The van der Waals surface area contributed by atoms with Gasteiger partial charge in [0.25, 0.3) is 0 Å².